The molecule has 4 N–H and O–H groups in total. The van der Waals surface area contributed by atoms with Crippen LogP contribution in [-0.4, -0.2) is 33.7 Å². The summed E-state index contributed by atoms with van der Waals surface area (Å²) in [5.74, 6) is -2.51. The van der Waals surface area contributed by atoms with Crippen LogP contribution in [0.25, 0.3) is 10.9 Å². The van der Waals surface area contributed by atoms with Crippen LogP contribution in [-0.2, 0) is 27.4 Å². The van der Waals surface area contributed by atoms with Gasteiger partial charge in [-0.3, -0.25) is 4.98 Å². The molecule has 0 bridgehead atoms. The zero-order valence-corrected chi connectivity index (χ0v) is 12.2. The molecule has 0 saturated carbocycles. The topological polar surface area (TPSA) is 123 Å². The third-order valence-corrected chi connectivity index (χ3v) is 3.22. The van der Waals surface area contributed by atoms with Crippen molar-refractivity contribution in [3.05, 3.63) is 47.7 Å². The van der Waals surface area contributed by atoms with Gasteiger partial charge in [-0.2, -0.15) is 0 Å². The lowest BCUT2D eigenvalue weighted by molar-refractivity contribution is -0.134. The Hall–Kier alpha value is -2.93. The van der Waals surface area contributed by atoms with Crippen molar-refractivity contribution in [3.63, 3.8) is 0 Å². The number of rotatable bonds is 2. The molecule has 2 aromatic rings. The van der Waals surface area contributed by atoms with Crippen LogP contribution in [0.5, 0.6) is 0 Å². The first kappa shape index (κ1) is 16.4. The number of benzene rings is 1. The summed E-state index contributed by atoms with van der Waals surface area (Å²) in [5, 5.41) is 16.7. The van der Waals surface area contributed by atoms with Crippen molar-refractivity contribution in [2.75, 3.05) is 12.3 Å². The summed E-state index contributed by atoms with van der Waals surface area (Å²) in [6.45, 7) is 1.34. The van der Waals surface area contributed by atoms with Gasteiger partial charge in [-0.15, -0.1) is 0 Å². The first-order valence-corrected chi connectivity index (χ1v) is 6.86. The third-order valence-electron chi connectivity index (χ3n) is 3.22. The summed E-state index contributed by atoms with van der Waals surface area (Å²) in [6, 6.07) is 7.98. The van der Waals surface area contributed by atoms with Crippen LogP contribution >= 0.6 is 0 Å². The molecule has 0 unspecified atom stereocenters. The number of para-hydroxylation sites is 1. The summed E-state index contributed by atoms with van der Waals surface area (Å²) < 4.78 is 5.41. The number of carboxylic acid groups (broad SMARTS) is 2. The number of anilines is 1. The summed E-state index contributed by atoms with van der Waals surface area (Å²) in [7, 11) is 0. The Kier molecular flexibility index (Phi) is 5.27. The minimum absolute atomic E-state index is 0.558. The highest BCUT2D eigenvalue weighted by molar-refractivity contribution is 5.92. The van der Waals surface area contributed by atoms with Crippen molar-refractivity contribution in [1.82, 2.24) is 4.98 Å². The van der Waals surface area contributed by atoms with Crippen molar-refractivity contribution in [3.8, 4) is 0 Å². The molecule has 0 spiro atoms. The summed E-state index contributed by atoms with van der Waals surface area (Å²) in [6.07, 6.45) is 1.98. The molecule has 23 heavy (non-hydrogen) atoms. The van der Waals surface area contributed by atoms with E-state index in [0.717, 1.165) is 40.9 Å². The number of nitrogens with two attached hydrogens (primary N) is 1. The lowest BCUT2D eigenvalue weighted by atomic mass is 10.0. The number of pyridine rings is 1. The number of carbonyl (C=O) groups is 2. The lowest BCUT2D eigenvalue weighted by Crippen LogP contribution is -2.14. The number of fused-ring (bicyclic) bond motifs is 2. The average molecular weight is 316 g/mol. The number of ether oxygens (including phenoxy) is 1. The molecular formula is C16H16N2O5. The number of aromatic nitrogens is 1. The molecule has 0 atom stereocenters. The molecule has 2 heterocycles. The van der Waals surface area contributed by atoms with Crippen LogP contribution in [0.4, 0.5) is 5.69 Å². The third kappa shape index (κ3) is 4.27. The van der Waals surface area contributed by atoms with E-state index in [2.05, 4.69) is 4.98 Å². The maximum absolute atomic E-state index is 9.55. The maximum Gasteiger partial charge on any atom is 0.328 e. The normalized spacial score (nSPS) is 13.2. The molecule has 0 fully saturated rings. The molecule has 1 aromatic carbocycles. The van der Waals surface area contributed by atoms with Gasteiger partial charge >= 0.3 is 11.9 Å². The molecule has 0 aliphatic carbocycles. The minimum Gasteiger partial charge on any atom is -0.478 e. The second-order valence-electron chi connectivity index (χ2n) is 4.78. The summed E-state index contributed by atoms with van der Waals surface area (Å²) in [4.78, 5) is 23.7. The van der Waals surface area contributed by atoms with Crippen LogP contribution in [0.3, 0.4) is 0 Å². The largest absolute Gasteiger partial charge is 0.478 e. The van der Waals surface area contributed by atoms with Crippen LogP contribution in [0.1, 0.15) is 11.3 Å². The second-order valence-corrected chi connectivity index (χ2v) is 4.78. The summed E-state index contributed by atoms with van der Waals surface area (Å²) >= 11 is 0. The summed E-state index contributed by atoms with van der Waals surface area (Å²) in [5.41, 5.74) is 10.1. The van der Waals surface area contributed by atoms with Gasteiger partial charge in [0.25, 0.3) is 0 Å². The zero-order valence-electron chi connectivity index (χ0n) is 12.2. The van der Waals surface area contributed by atoms with E-state index in [4.69, 9.17) is 20.7 Å². The van der Waals surface area contributed by atoms with E-state index in [1.54, 1.807) is 0 Å². The van der Waals surface area contributed by atoms with Crippen molar-refractivity contribution in [2.45, 2.75) is 13.0 Å². The Balaban J connectivity index is 0.000000207. The van der Waals surface area contributed by atoms with Crippen molar-refractivity contribution < 1.29 is 24.5 Å². The number of nitrogens with zero attached hydrogens (tertiary/aromatic N) is 1. The fraction of sp³-hybridized carbons (Fsp3) is 0.188. The molecule has 1 aliphatic heterocycles. The van der Waals surface area contributed by atoms with Crippen LogP contribution in [0.15, 0.2) is 36.4 Å². The van der Waals surface area contributed by atoms with Gasteiger partial charge in [0.05, 0.1) is 24.4 Å². The van der Waals surface area contributed by atoms with E-state index in [1.807, 2.05) is 24.3 Å². The van der Waals surface area contributed by atoms with E-state index in [0.29, 0.717) is 18.8 Å². The van der Waals surface area contributed by atoms with Gasteiger partial charge < -0.3 is 20.7 Å². The quantitative estimate of drug-likeness (QED) is 0.719. The number of carboxylic acids is 2. The SMILES string of the molecule is Nc1c2c(nc3ccccc13)CCOC2.O=C(O)C=CC(=O)O. The van der Waals surface area contributed by atoms with E-state index in [-0.39, 0.29) is 0 Å². The van der Waals surface area contributed by atoms with Crippen molar-refractivity contribution in [1.29, 1.82) is 0 Å². The fourth-order valence-electron chi connectivity index (χ4n) is 2.18. The van der Waals surface area contributed by atoms with Crippen molar-refractivity contribution >= 4 is 28.5 Å². The highest BCUT2D eigenvalue weighted by Gasteiger charge is 2.16. The Morgan fingerprint density at radius 1 is 1.17 bits per heavy atom. The molecule has 0 saturated heterocycles. The van der Waals surface area contributed by atoms with Gasteiger partial charge in [-0.25, -0.2) is 9.59 Å². The fourth-order valence-corrected chi connectivity index (χ4v) is 2.18. The number of aliphatic carboxylic acids is 2. The molecule has 120 valence electrons. The van der Waals surface area contributed by atoms with Gasteiger partial charge in [0.2, 0.25) is 0 Å². The second kappa shape index (κ2) is 7.37. The first-order valence-electron chi connectivity index (χ1n) is 6.86. The molecule has 1 aromatic heterocycles. The van der Waals surface area contributed by atoms with E-state index in [9.17, 15) is 9.59 Å². The van der Waals surface area contributed by atoms with Gasteiger partial charge in [0, 0.05) is 35.2 Å². The number of hydrogen-bond acceptors (Lipinski definition) is 5. The van der Waals surface area contributed by atoms with E-state index >= 15 is 0 Å². The average Bonchev–Trinajstić information content (AvgIpc) is 2.54. The maximum atomic E-state index is 9.55. The molecule has 7 nitrogen and oxygen atoms in total. The van der Waals surface area contributed by atoms with E-state index in [1.165, 1.54) is 0 Å². The number of nitrogen functional groups attached to an aromatic ring is 1. The zero-order chi connectivity index (χ0) is 16.8. The van der Waals surface area contributed by atoms with Crippen molar-refractivity contribution in [2.24, 2.45) is 0 Å². The van der Waals surface area contributed by atoms with Gasteiger partial charge in [-0.1, -0.05) is 18.2 Å². The van der Waals surface area contributed by atoms with Gasteiger partial charge in [0.1, 0.15) is 0 Å². The monoisotopic (exact) mass is 316 g/mol. The molecule has 1 aliphatic rings. The highest BCUT2D eigenvalue weighted by atomic mass is 16.5. The van der Waals surface area contributed by atoms with Crippen LogP contribution < -0.4 is 5.73 Å². The minimum atomic E-state index is -1.26. The standard InChI is InChI=1S/C12H12N2O.C4H4O4/c13-12-8-3-1-2-4-10(8)14-11-5-6-15-7-9(11)12;5-3(6)1-2-4(7)8/h1-4H,5-7H2,(H2,13,14);1-2H,(H,5,6)(H,7,8). The smallest absolute Gasteiger partial charge is 0.328 e. The van der Waals surface area contributed by atoms with E-state index < -0.39 is 11.9 Å². The lowest BCUT2D eigenvalue weighted by Gasteiger charge is -2.18. The highest BCUT2D eigenvalue weighted by Crippen LogP contribution is 2.28. The predicted molar refractivity (Wildman–Crippen MR) is 83.9 cm³/mol. The molecule has 0 amide bonds. The molecule has 3 rings (SSSR count). The Bertz CT molecular complexity index is 754. The molecular weight excluding hydrogens is 300 g/mol. The first-order chi connectivity index (χ1) is 11.0. The number of hydrogen-bond donors (Lipinski definition) is 3. The predicted octanol–water partition coefficient (Wildman–Crippen LogP) is 1.60. The Morgan fingerprint density at radius 2 is 1.83 bits per heavy atom. The van der Waals surface area contributed by atoms with Gasteiger partial charge in [0.15, 0.2) is 0 Å². The molecule has 0 radical (unpaired) electrons. The Morgan fingerprint density at radius 3 is 2.48 bits per heavy atom. The molecule has 7 heteroatoms. The van der Waals surface area contributed by atoms with Crippen LogP contribution in [0.2, 0.25) is 0 Å². The Labute approximate surface area is 132 Å². The van der Waals surface area contributed by atoms with Crippen LogP contribution in [0, 0.1) is 0 Å². The van der Waals surface area contributed by atoms with Gasteiger partial charge in [-0.05, 0) is 6.07 Å².